The first-order valence-corrected chi connectivity index (χ1v) is 5.91. The van der Waals surface area contributed by atoms with E-state index in [0.717, 1.165) is 3.57 Å². The molecule has 0 unspecified atom stereocenters. The second-order valence-electron chi connectivity index (χ2n) is 3.26. The number of hydrogen-bond acceptors (Lipinski definition) is 2. The minimum atomic E-state index is -0.573. The van der Waals surface area contributed by atoms with Crippen LogP contribution in [0.4, 0.5) is 4.39 Å². The number of nitrogens with zero attached hydrogens (tertiary/aromatic N) is 1. The molecule has 2 rings (SSSR count). The molecule has 17 heavy (non-hydrogen) atoms. The van der Waals surface area contributed by atoms with Gasteiger partial charge in [-0.25, -0.2) is 4.39 Å². The molecule has 0 fully saturated rings. The summed E-state index contributed by atoms with van der Waals surface area (Å²) in [5.41, 5.74) is -0.0767. The lowest BCUT2D eigenvalue weighted by Gasteiger charge is -2.08. The Morgan fingerprint density at radius 3 is 2.47 bits per heavy atom. The van der Waals surface area contributed by atoms with Gasteiger partial charge in [0.25, 0.3) is 0 Å². The molecule has 2 nitrogen and oxygen atoms in total. The standard InChI is InChI=1S/C13H7FINO/c14-10-4-3-7-12(9(10)8-16)17-13-6-2-1-5-11(13)15/h1-7H. The number of ether oxygens (including phenoxy) is 1. The summed E-state index contributed by atoms with van der Waals surface area (Å²) in [6.07, 6.45) is 0. The smallest absolute Gasteiger partial charge is 0.148 e. The summed E-state index contributed by atoms with van der Waals surface area (Å²) in [5, 5.41) is 8.87. The topological polar surface area (TPSA) is 33.0 Å². The molecule has 84 valence electrons. The average molecular weight is 339 g/mol. The molecule has 0 aromatic heterocycles. The second kappa shape index (κ2) is 5.15. The van der Waals surface area contributed by atoms with Gasteiger partial charge in [-0.15, -0.1) is 0 Å². The summed E-state index contributed by atoms with van der Waals surface area (Å²) in [7, 11) is 0. The predicted octanol–water partition coefficient (Wildman–Crippen LogP) is 4.09. The highest BCUT2D eigenvalue weighted by Crippen LogP contribution is 2.29. The van der Waals surface area contributed by atoms with Crippen molar-refractivity contribution in [2.45, 2.75) is 0 Å². The van der Waals surface area contributed by atoms with Crippen LogP contribution in [0.15, 0.2) is 42.5 Å². The molecule has 2 aromatic carbocycles. The van der Waals surface area contributed by atoms with E-state index < -0.39 is 5.82 Å². The van der Waals surface area contributed by atoms with Gasteiger partial charge >= 0.3 is 0 Å². The molecule has 0 N–H and O–H groups in total. The summed E-state index contributed by atoms with van der Waals surface area (Å²) < 4.78 is 19.8. The number of halogens is 2. The van der Waals surface area contributed by atoms with E-state index in [1.807, 2.05) is 18.2 Å². The third-order valence-electron chi connectivity index (χ3n) is 2.14. The Bertz CT molecular complexity index is 592. The van der Waals surface area contributed by atoms with Gasteiger partial charge in [0.05, 0.1) is 3.57 Å². The van der Waals surface area contributed by atoms with E-state index in [4.69, 9.17) is 10.00 Å². The quantitative estimate of drug-likeness (QED) is 0.772. The summed E-state index contributed by atoms with van der Waals surface area (Å²) in [5.74, 6) is 0.266. The van der Waals surface area contributed by atoms with Gasteiger partial charge < -0.3 is 4.74 Å². The summed E-state index contributed by atoms with van der Waals surface area (Å²) in [6.45, 7) is 0. The zero-order valence-corrected chi connectivity index (χ0v) is 10.8. The maximum atomic E-state index is 13.3. The SMILES string of the molecule is N#Cc1c(F)cccc1Oc1ccccc1I. The van der Waals surface area contributed by atoms with E-state index in [1.165, 1.54) is 12.1 Å². The lowest BCUT2D eigenvalue weighted by atomic mass is 10.2. The first-order valence-electron chi connectivity index (χ1n) is 4.83. The molecule has 0 spiro atoms. The minimum Gasteiger partial charge on any atom is -0.455 e. The molecular formula is C13H7FINO. The highest BCUT2D eigenvalue weighted by Gasteiger charge is 2.10. The fourth-order valence-electron chi connectivity index (χ4n) is 1.34. The van der Waals surface area contributed by atoms with Crippen molar-refractivity contribution >= 4 is 22.6 Å². The van der Waals surface area contributed by atoms with E-state index in [9.17, 15) is 4.39 Å². The van der Waals surface area contributed by atoms with Crippen molar-refractivity contribution in [2.75, 3.05) is 0 Å². The van der Waals surface area contributed by atoms with Gasteiger partial charge in [-0.05, 0) is 46.9 Å². The Morgan fingerprint density at radius 1 is 1.06 bits per heavy atom. The van der Waals surface area contributed by atoms with Gasteiger partial charge in [0.2, 0.25) is 0 Å². The van der Waals surface area contributed by atoms with Crippen molar-refractivity contribution in [3.05, 3.63) is 57.4 Å². The first kappa shape index (κ1) is 11.9. The van der Waals surface area contributed by atoms with E-state index in [2.05, 4.69) is 22.6 Å². The van der Waals surface area contributed by atoms with E-state index >= 15 is 0 Å². The van der Waals surface area contributed by atoms with Crippen LogP contribution in [-0.2, 0) is 0 Å². The van der Waals surface area contributed by atoms with Gasteiger partial charge in [0.1, 0.15) is 28.9 Å². The number of nitriles is 1. The Labute approximate surface area is 112 Å². The first-order chi connectivity index (χ1) is 8.22. The molecule has 0 atom stereocenters. The van der Waals surface area contributed by atoms with Crippen LogP contribution in [0.2, 0.25) is 0 Å². The van der Waals surface area contributed by atoms with Gasteiger partial charge in [0, 0.05) is 0 Å². The van der Waals surface area contributed by atoms with Crippen LogP contribution in [0.25, 0.3) is 0 Å². The van der Waals surface area contributed by atoms with E-state index in [1.54, 1.807) is 18.2 Å². The monoisotopic (exact) mass is 339 g/mol. The molecule has 0 aliphatic carbocycles. The van der Waals surface area contributed by atoms with Crippen LogP contribution in [0.3, 0.4) is 0 Å². The van der Waals surface area contributed by atoms with E-state index in [-0.39, 0.29) is 11.3 Å². The zero-order valence-electron chi connectivity index (χ0n) is 8.65. The molecule has 4 heteroatoms. The Morgan fingerprint density at radius 2 is 1.76 bits per heavy atom. The van der Waals surface area contributed by atoms with Crippen LogP contribution >= 0.6 is 22.6 Å². The molecule has 0 amide bonds. The molecular weight excluding hydrogens is 332 g/mol. The third kappa shape index (κ3) is 2.56. The van der Waals surface area contributed by atoms with Crippen LogP contribution in [0.5, 0.6) is 11.5 Å². The Hall–Kier alpha value is -1.61. The molecule has 0 aliphatic heterocycles. The maximum absolute atomic E-state index is 13.3. The fraction of sp³-hybridized carbons (Fsp3) is 0. The highest BCUT2D eigenvalue weighted by molar-refractivity contribution is 14.1. The van der Waals surface area contributed by atoms with Crippen molar-refractivity contribution in [1.82, 2.24) is 0 Å². The average Bonchev–Trinajstić information content (AvgIpc) is 2.32. The largest absolute Gasteiger partial charge is 0.455 e. The number of hydrogen-bond donors (Lipinski definition) is 0. The van der Waals surface area contributed by atoms with Crippen LogP contribution < -0.4 is 4.74 Å². The van der Waals surface area contributed by atoms with Gasteiger partial charge in [-0.3, -0.25) is 0 Å². The maximum Gasteiger partial charge on any atom is 0.148 e. The molecule has 0 radical (unpaired) electrons. The second-order valence-corrected chi connectivity index (χ2v) is 4.42. The Kier molecular flexibility index (Phi) is 3.59. The third-order valence-corrected chi connectivity index (χ3v) is 3.03. The summed E-state index contributed by atoms with van der Waals surface area (Å²) in [6, 6.07) is 13.5. The van der Waals surface area contributed by atoms with Crippen molar-refractivity contribution in [3.63, 3.8) is 0 Å². The van der Waals surface area contributed by atoms with E-state index in [0.29, 0.717) is 5.75 Å². The van der Waals surface area contributed by atoms with Crippen LogP contribution in [0.1, 0.15) is 5.56 Å². The number of benzene rings is 2. The van der Waals surface area contributed by atoms with Crippen molar-refractivity contribution in [1.29, 1.82) is 5.26 Å². The molecule has 0 saturated carbocycles. The minimum absolute atomic E-state index is 0.0767. The lowest BCUT2D eigenvalue weighted by molar-refractivity contribution is 0.471. The van der Waals surface area contributed by atoms with Gasteiger partial charge in [-0.1, -0.05) is 18.2 Å². The van der Waals surface area contributed by atoms with Gasteiger partial charge in [-0.2, -0.15) is 5.26 Å². The van der Waals surface area contributed by atoms with Crippen LogP contribution in [0, 0.1) is 20.7 Å². The van der Waals surface area contributed by atoms with Crippen molar-refractivity contribution in [2.24, 2.45) is 0 Å². The summed E-state index contributed by atoms with van der Waals surface area (Å²) >= 11 is 2.12. The molecule has 2 aromatic rings. The number of para-hydroxylation sites is 1. The number of rotatable bonds is 2. The normalized spacial score (nSPS) is 9.71. The van der Waals surface area contributed by atoms with Gasteiger partial charge in [0.15, 0.2) is 0 Å². The fourth-order valence-corrected chi connectivity index (χ4v) is 1.84. The Balaban J connectivity index is 2.41. The predicted molar refractivity (Wildman–Crippen MR) is 70.3 cm³/mol. The van der Waals surface area contributed by atoms with Crippen molar-refractivity contribution < 1.29 is 9.13 Å². The zero-order chi connectivity index (χ0) is 12.3. The summed E-state index contributed by atoms with van der Waals surface area (Å²) in [4.78, 5) is 0. The molecule has 0 bridgehead atoms. The molecule has 0 aliphatic rings. The highest BCUT2D eigenvalue weighted by atomic mass is 127. The van der Waals surface area contributed by atoms with Crippen LogP contribution in [-0.4, -0.2) is 0 Å². The lowest BCUT2D eigenvalue weighted by Crippen LogP contribution is -1.92. The van der Waals surface area contributed by atoms with Crippen molar-refractivity contribution in [3.8, 4) is 17.6 Å². The molecule has 0 heterocycles. The molecule has 0 saturated heterocycles.